The average Bonchev–Trinajstić information content (AvgIpc) is 2.24. The van der Waals surface area contributed by atoms with Gasteiger partial charge >= 0.3 is 0 Å². The molecule has 0 bridgehead atoms. The van der Waals surface area contributed by atoms with E-state index in [0.29, 0.717) is 0 Å². The zero-order valence-electron chi connectivity index (χ0n) is 9.74. The van der Waals surface area contributed by atoms with Crippen LogP contribution in [0.25, 0.3) is 0 Å². The van der Waals surface area contributed by atoms with Gasteiger partial charge in [0.25, 0.3) is 0 Å². The molecular weight excluding hydrogens is 179 g/mol. The smallest absolute Gasteiger partial charge is 0.0991 e. The molecule has 0 rings (SSSR count). The fourth-order valence-corrected chi connectivity index (χ4v) is 1.22. The van der Waals surface area contributed by atoms with Crippen LogP contribution in [-0.4, -0.2) is 7.28 Å². The first-order valence-corrected chi connectivity index (χ1v) is 5.17. The average molecular weight is 198 g/mol. The zero-order valence-corrected chi connectivity index (χ0v) is 9.74. The van der Waals surface area contributed by atoms with Crippen LogP contribution in [0.1, 0.15) is 13.8 Å². The van der Waals surface area contributed by atoms with Crippen molar-refractivity contribution < 1.29 is 0 Å². The number of allylic oxidation sites excluding steroid dienone is 10. The Balaban J connectivity index is 4.64. The molecule has 0 saturated carbocycles. The van der Waals surface area contributed by atoms with Crippen molar-refractivity contribution in [2.45, 2.75) is 13.8 Å². The molecule has 0 amide bonds. The quantitative estimate of drug-likeness (QED) is 0.450. The number of hydrogen-bond acceptors (Lipinski definition) is 0. The molecule has 0 nitrogen and oxygen atoms in total. The largest absolute Gasteiger partial charge is 0.191 e. The van der Waals surface area contributed by atoms with E-state index in [0.717, 1.165) is 7.28 Å². The summed E-state index contributed by atoms with van der Waals surface area (Å²) < 4.78 is 0. The van der Waals surface area contributed by atoms with E-state index in [1.54, 1.807) is 6.08 Å². The van der Waals surface area contributed by atoms with Gasteiger partial charge in [0.05, 0.1) is 0 Å². The van der Waals surface area contributed by atoms with Crippen molar-refractivity contribution in [2.24, 2.45) is 0 Å². The molecule has 0 aliphatic carbocycles. The van der Waals surface area contributed by atoms with Crippen molar-refractivity contribution in [3.05, 3.63) is 72.7 Å². The standard InChI is InChI=1S/C14H19B/c1-5-9-12-13(8-4)15-14(10-6-2)11-7-3/h5-12,15H,1-2H2,3-4H3/b11-7-,12-9-,13-8+,14-10+. The highest BCUT2D eigenvalue weighted by molar-refractivity contribution is 6.55. The van der Waals surface area contributed by atoms with Gasteiger partial charge in [-0.3, -0.25) is 0 Å². The monoisotopic (exact) mass is 198 g/mol. The Morgan fingerprint density at radius 3 is 2.20 bits per heavy atom. The van der Waals surface area contributed by atoms with E-state index in [2.05, 4.69) is 31.4 Å². The molecule has 0 aromatic carbocycles. The molecule has 0 atom stereocenters. The molecule has 0 aromatic heterocycles. The molecule has 0 aromatic rings. The van der Waals surface area contributed by atoms with Gasteiger partial charge in [-0.1, -0.05) is 72.7 Å². The SMILES string of the molecule is C=C/C=C\C(BC(/C=C\C)=C/C=C)=C/C. The molecule has 0 N–H and O–H groups in total. The highest BCUT2D eigenvalue weighted by Crippen LogP contribution is 2.04. The highest BCUT2D eigenvalue weighted by atomic mass is 13.8. The molecule has 0 heterocycles. The second-order valence-electron chi connectivity index (χ2n) is 3.11. The van der Waals surface area contributed by atoms with E-state index < -0.39 is 0 Å². The summed E-state index contributed by atoms with van der Waals surface area (Å²) in [6, 6.07) is 0. The predicted molar refractivity (Wildman–Crippen MR) is 73.3 cm³/mol. The van der Waals surface area contributed by atoms with Crippen LogP contribution in [-0.2, 0) is 0 Å². The molecule has 0 saturated heterocycles. The zero-order chi connectivity index (χ0) is 11.5. The van der Waals surface area contributed by atoms with Crippen molar-refractivity contribution in [1.82, 2.24) is 0 Å². The van der Waals surface area contributed by atoms with E-state index in [4.69, 9.17) is 0 Å². The van der Waals surface area contributed by atoms with E-state index >= 15 is 0 Å². The molecule has 1 heteroatoms. The third-order valence-electron chi connectivity index (χ3n) is 1.94. The van der Waals surface area contributed by atoms with E-state index in [1.165, 1.54) is 10.9 Å². The lowest BCUT2D eigenvalue weighted by Crippen LogP contribution is -1.97. The van der Waals surface area contributed by atoms with E-state index in [9.17, 15) is 0 Å². The van der Waals surface area contributed by atoms with Crippen LogP contribution in [0, 0.1) is 0 Å². The van der Waals surface area contributed by atoms with E-state index in [-0.39, 0.29) is 0 Å². The van der Waals surface area contributed by atoms with Crippen molar-refractivity contribution >= 4 is 7.28 Å². The normalized spacial score (nSPS) is 13.5. The molecule has 0 unspecified atom stereocenters. The first-order chi connectivity index (χ1) is 7.28. The maximum absolute atomic E-state index is 3.71. The molecular formula is C14H19B. The van der Waals surface area contributed by atoms with Crippen LogP contribution >= 0.6 is 0 Å². The van der Waals surface area contributed by atoms with Crippen molar-refractivity contribution in [3.8, 4) is 0 Å². The summed E-state index contributed by atoms with van der Waals surface area (Å²) in [5.41, 5.74) is 2.54. The lowest BCUT2D eigenvalue weighted by Gasteiger charge is -2.00. The highest BCUT2D eigenvalue weighted by Gasteiger charge is 1.97. The van der Waals surface area contributed by atoms with Gasteiger partial charge < -0.3 is 0 Å². The Morgan fingerprint density at radius 1 is 1.00 bits per heavy atom. The molecule has 15 heavy (non-hydrogen) atoms. The summed E-state index contributed by atoms with van der Waals surface area (Å²) in [4.78, 5) is 0. The topological polar surface area (TPSA) is 0 Å². The summed E-state index contributed by atoms with van der Waals surface area (Å²) >= 11 is 0. The third kappa shape index (κ3) is 6.56. The minimum atomic E-state index is 0.928. The fraction of sp³-hybridized carbons (Fsp3) is 0.143. The maximum atomic E-state index is 3.71. The van der Waals surface area contributed by atoms with Gasteiger partial charge in [-0.25, -0.2) is 0 Å². The van der Waals surface area contributed by atoms with Gasteiger partial charge in [-0.2, -0.15) is 0 Å². The van der Waals surface area contributed by atoms with Crippen molar-refractivity contribution in [2.75, 3.05) is 0 Å². The fourth-order valence-electron chi connectivity index (χ4n) is 1.22. The number of hydrogen-bond donors (Lipinski definition) is 0. The third-order valence-corrected chi connectivity index (χ3v) is 1.94. The molecule has 0 radical (unpaired) electrons. The Labute approximate surface area is 94.3 Å². The van der Waals surface area contributed by atoms with Crippen LogP contribution in [0.4, 0.5) is 0 Å². The van der Waals surface area contributed by atoms with Gasteiger partial charge in [0.2, 0.25) is 0 Å². The van der Waals surface area contributed by atoms with Crippen molar-refractivity contribution in [1.29, 1.82) is 0 Å². The predicted octanol–water partition coefficient (Wildman–Crippen LogP) is 3.71. The Kier molecular flexibility index (Phi) is 8.17. The minimum absolute atomic E-state index is 0.928. The van der Waals surface area contributed by atoms with Crippen molar-refractivity contribution in [3.63, 3.8) is 0 Å². The molecule has 0 aliphatic heterocycles. The van der Waals surface area contributed by atoms with Crippen LogP contribution in [0.3, 0.4) is 0 Å². The minimum Gasteiger partial charge on any atom is -0.0991 e. The van der Waals surface area contributed by atoms with Gasteiger partial charge in [0.15, 0.2) is 7.28 Å². The van der Waals surface area contributed by atoms with Crippen LogP contribution in [0.5, 0.6) is 0 Å². The summed E-state index contributed by atoms with van der Waals surface area (Å²) in [5.74, 6) is 0. The molecule has 0 fully saturated rings. The molecule has 78 valence electrons. The molecule has 0 spiro atoms. The summed E-state index contributed by atoms with van der Waals surface area (Å²) in [7, 11) is 0.928. The van der Waals surface area contributed by atoms with Crippen LogP contribution in [0.2, 0.25) is 0 Å². The summed E-state index contributed by atoms with van der Waals surface area (Å²) in [6.07, 6.45) is 15.9. The Bertz CT molecular complexity index is 314. The van der Waals surface area contributed by atoms with Gasteiger partial charge in [-0.15, -0.1) is 0 Å². The van der Waals surface area contributed by atoms with Crippen LogP contribution < -0.4 is 0 Å². The van der Waals surface area contributed by atoms with Gasteiger partial charge in [-0.05, 0) is 13.8 Å². The second kappa shape index (κ2) is 9.08. The summed E-state index contributed by atoms with van der Waals surface area (Å²) in [5, 5.41) is 0. The lowest BCUT2D eigenvalue weighted by atomic mass is 9.62. The summed E-state index contributed by atoms with van der Waals surface area (Å²) in [6.45, 7) is 11.4. The number of rotatable bonds is 6. The Morgan fingerprint density at radius 2 is 1.73 bits per heavy atom. The van der Waals surface area contributed by atoms with Gasteiger partial charge in [0, 0.05) is 0 Å². The molecule has 0 aliphatic rings. The lowest BCUT2D eigenvalue weighted by molar-refractivity contribution is 1.66. The first-order valence-electron chi connectivity index (χ1n) is 5.17. The maximum Gasteiger partial charge on any atom is 0.191 e. The van der Waals surface area contributed by atoms with E-state index in [1.807, 2.05) is 38.2 Å². The van der Waals surface area contributed by atoms with Gasteiger partial charge in [0.1, 0.15) is 0 Å². The van der Waals surface area contributed by atoms with Crippen LogP contribution in [0.15, 0.2) is 72.7 Å². The Hall–Kier alpha value is -1.50. The first kappa shape index (κ1) is 13.5. The second-order valence-corrected chi connectivity index (χ2v) is 3.11.